The summed E-state index contributed by atoms with van der Waals surface area (Å²) in [4.78, 5) is 12.1. The molecule has 4 rings (SSSR count). The van der Waals surface area contributed by atoms with Gasteiger partial charge in [-0.3, -0.25) is 4.79 Å². The fourth-order valence-corrected chi connectivity index (χ4v) is 12.1. The Labute approximate surface area is 271 Å². The molecule has 0 saturated heterocycles. The highest BCUT2D eigenvalue weighted by molar-refractivity contribution is 6.99. The lowest BCUT2D eigenvalue weighted by Crippen LogP contribution is -2.66. The molecule has 0 amide bonds. The number of carboxylic acid groups (broad SMARTS) is 1. The van der Waals surface area contributed by atoms with E-state index < -0.39 is 37.8 Å². The number of allylic oxidation sites excluding steroid dienone is 2. The highest BCUT2D eigenvalue weighted by atomic mass is 28.4. The molecule has 0 bridgehead atoms. The third-order valence-electron chi connectivity index (χ3n) is 9.68. The van der Waals surface area contributed by atoms with Crippen LogP contribution >= 0.6 is 0 Å². The molecule has 6 heteroatoms. The van der Waals surface area contributed by atoms with Crippen molar-refractivity contribution >= 4 is 24.7 Å². The standard InChI is InChI=1S/C39H52O5Si/c1-5-6-10-25-33(37(41)42)34-28-39(43,29-35(34)40)27-18-17-26-36(30-19-11-7-12-20-30)44-45(38(2,3)4,31-21-13-8-14-22-31)32-23-15-9-16-24-32/h5-9,11-16,19-24,33-36,40,43H,10,17-18,25-29H2,1-4H3,(H,41,42)/t33-,34-,35+,36-,39-/m1/s1. The van der Waals surface area contributed by atoms with E-state index in [1.807, 2.05) is 25.1 Å². The zero-order valence-corrected chi connectivity index (χ0v) is 28.4. The molecule has 3 aromatic rings. The Bertz CT molecular complexity index is 1310. The average molecular weight is 629 g/mol. The van der Waals surface area contributed by atoms with Crippen molar-refractivity contribution in [1.29, 1.82) is 0 Å². The van der Waals surface area contributed by atoms with Crippen LogP contribution in [0.15, 0.2) is 103 Å². The molecule has 1 fully saturated rings. The van der Waals surface area contributed by atoms with Gasteiger partial charge < -0.3 is 19.7 Å². The number of hydrogen-bond acceptors (Lipinski definition) is 4. The van der Waals surface area contributed by atoms with Crippen molar-refractivity contribution in [2.24, 2.45) is 11.8 Å². The van der Waals surface area contributed by atoms with Gasteiger partial charge in [-0.2, -0.15) is 0 Å². The van der Waals surface area contributed by atoms with E-state index in [0.29, 0.717) is 25.7 Å². The first-order valence-corrected chi connectivity index (χ1v) is 18.5. The maximum Gasteiger partial charge on any atom is 0.306 e. The third kappa shape index (κ3) is 8.42. The molecule has 0 aromatic heterocycles. The number of aliphatic hydroxyl groups is 2. The van der Waals surface area contributed by atoms with E-state index in [0.717, 1.165) is 24.8 Å². The molecule has 0 unspecified atom stereocenters. The first-order valence-electron chi connectivity index (χ1n) is 16.6. The summed E-state index contributed by atoms with van der Waals surface area (Å²) in [5.41, 5.74) is 0.0883. The van der Waals surface area contributed by atoms with E-state index in [1.165, 1.54) is 10.4 Å². The normalized spacial score (nSPS) is 22.0. The highest BCUT2D eigenvalue weighted by Gasteiger charge is 2.52. The van der Waals surface area contributed by atoms with E-state index in [9.17, 15) is 20.1 Å². The first-order chi connectivity index (χ1) is 21.5. The van der Waals surface area contributed by atoms with Gasteiger partial charge in [-0.25, -0.2) is 0 Å². The van der Waals surface area contributed by atoms with Gasteiger partial charge in [0.1, 0.15) is 0 Å². The van der Waals surface area contributed by atoms with Crippen molar-refractivity contribution in [2.45, 2.75) is 102 Å². The Morgan fingerprint density at radius 2 is 1.47 bits per heavy atom. The van der Waals surface area contributed by atoms with Crippen LogP contribution in [0.5, 0.6) is 0 Å². The predicted octanol–water partition coefficient (Wildman–Crippen LogP) is 7.42. The Kier molecular flexibility index (Phi) is 12.0. The minimum absolute atomic E-state index is 0.142. The van der Waals surface area contributed by atoms with Crippen molar-refractivity contribution in [3.05, 3.63) is 109 Å². The Morgan fingerprint density at radius 3 is 1.98 bits per heavy atom. The number of rotatable bonds is 15. The van der Waals surface area contributed by atoms with Crippen molar-refractivity contribution in [3.63, 3.8) is 0 Å². The molecule has 45 heavy (non-hydrogen) atoms. The topological polar surface area (TPSA) is 87.0 Å². The number of hydrogen-bond donors (Lipinski definition) is 3. The first kappa shape index (κ1) is 34.8. The SMILES string of the molecule is CC=CCC[C@@H](C(=O)O)[C@H]1C[C@](O)(CCCC[C@@H](O[Si](c2ccccc2)(c2ccccc2)C(C)(C)C)c2ccccc2)C[C@@H]1O. The molecule has 0 radical (unpaired) electrons. The highest BCUT2D eigenvalue weighted by Crippen LogP contribution is 2.44. The number of aliphatic carboxylic acids is 1. The molecule has 0 spiro atoms. The summed E-state index contributed by atoms with van der Waals surface area (Å²) in [7, 11) is -2.79. The lowest BCUT2D eigenvalue weighted by molar-refractivity contribution is -0.145. The van der Waals surface area contributed by atoms with Gasteiger partial charge in [-0.15, -0.1) is 0 Å². The van der Waals surface area contributed by atoms with Crippen LogP contribution in [-0.2, 0) is 9.22 Å². The number of carboxylic acids is 1. The van der Waals surface area contributed by atoms with Gasteiger partial charge in [0.2, 0.25) is 0 Å². The number of aliphatic hydroxyl groups excluding tert-OH is 1. The van der Waals surface area contributed by atoms with E-state index in [-0.39, 0.29) is 17.6 Å². The zero-order chi connectivity index (χ0) is 32.5. The van der Waals surface area contributed by atoms with Crippen molar-refractivity contribution in [1.82, 2.24) is 0 Å². The maximum absolute atomic E-state index is 12.1. The monoisotopic (exact) mass is 628 g/mol. The predicted molar refractivity (Wildman–Crippen MR) is 185 cm³/mol. The quantitative estimate of drug-likeness (QED) is 0.0926. The van der Waals surface area contributed by atoms with Gasteiger partial charge in [0.25, 0.3) is 8.32 Å². The second kappa shape index (κ2) is 15.5. The van der Waals surface area contributed by atoms with E-state index in [2.05, 4.69) is 106 Å². The van der Waals surface area contributed by atoms with Crippen LogP contribution in [0, 0.1) is 11.8 Å². The summed E-state index contributed by atoms with van der Waals surface area (Å²) in [5.74, 6) is -1.99. The summed E-state index contributed by atoms with van der Waals surface area (Å²) in [6.07, 6.45) is 7.52. The number of benzene rings is 3. The van der Waals surface area contributed by atoms with Crippen LogP contribution in [-0.4, -0.2) is 41.3 Å². The number of unbranched alkanes of at least 4 members (excludes halogenated alkanes) is 1. The van der Waals surface area contributed by atoms with Gasteiger partial charge in [0, 0.05) is 12.3 Å². The van der Waals surface area contributed by atoms with Crippen LogP contribution in [0.3, 0.4) is 0 Å². The van der Waals surface area contributed by atoms with Gasteiger partial charge in [0.15, 0.2) is 0 Å². The molecular weight excluding hydrogens is 577 g/mol. The summed E-state index contributed by atoms with van der Waals surface area (Å²) in [6.45, 7) is 8.80. The molecule has 3 N–H and O–H groups in total. The molecule has 242 valence electrons. The van der Waals surface area contributed by atoms with Gasteiger partial charge >= 0.3 is 5.97 Å². The Morgan fingerprint density at radius 1 is 0.911 bits per heavy atom. The lowest BCUT2D eigenvalue weighted by Gasteiger charge is -2.45. The van der Waals surface area contributed by atoms with Crippen LogP contribution in [0.2, 0.25) is 5.04 Å². The maximum atomic E-state index is 12.1. The molecule has 1 aliphatic carbocycles. The minimum atomic E-state index is -2.79. The summed E-state index contributed by atoms with van der Waals surface area (Å²) >= 11 is 0. The summed E-state index contributed by atoms with van der Waals surface area (Å²) < 4.78 is 7.56. The van der Waals surface area contributed by atoms with Gasteiger partial charge in [0.05, 0.1) is 23.7 Å². The Balaban J connectivity index is 1.54. The second-order valence-electron chi connectivity index (χ2n) is 13.9. The van der Waals surface area contributed by atoms with E-state index in [1.54, 1.807) is 0 Å². The fourth-order valence-electron chi connectivity index (χ4n) is 7.43. The smallest absolute Gasteiger partial charge is 0.306 e. The van der Waals surface area contributed by atoms with Crippen molar-refractivity contribution in [2.75, 3.05) is 0 Å². The molecular formula is C39H52O5Si. The zero-order valence-electron chi connectivity index (χ0n) is 27.4. The van der Waals surface area contributed by atoms with Crippen LogP contribution < -0.4 is 10.4 Å². The van der Waals surface area contributed by atoms with E-state index >= 15 is 0 Å². The molecule has 5 nitrogen and oxygen atoms in total. The minimum Gasteiger partial charge on any atom is -0.481 e. The van der Waals surface area contributed by atoms with Crippen molar-refractivity contribution in [3.8, 4) is 0 Å². The third-order valence-corrected chi connectivity index (χ3v) is 14.7. The molecule has 0 heterocycles. The van der Waals surface area contributed by atoms with Crippen LogP contribution in [0.25, 0.3) is 0 Å². The molecule has 3 aromatic carbocycles. The molecule has 5 atom stereocenters. The molecule has 0 aliphatic heterocycles. The summed E-state index contributed by atoms with van der Waals surface area (Å²) in [5, 5.41) is 34.6. The average Bonchev–Trinajstić information content (AvgIpc) is 3.32. The fraction of sp³-hybridized carbons (Fsp3) is 0.462. The van der Waals surface area contributed by atoms with Gasteiger partial charge in [-0.05, 0) is 60.0 Å². The van der Waals surface area contributed by atoms with Crippen LogP contribution in [0.1, 0.15) is 90.7 Å². The largest absolute Gasteiger partial charge is 0.481 e. The summed E-state index contributed by atoms with van der Waals surface area (Å²) in [6, 6.07) is 31.8. The second-order valence-corrected chi connectivity index (χ2v) is 18.1. The molecule has 1 saturated carbocycles. The molecule has 1 aliphatic rings. The van der Waals surface area contributed by atoms with Crippen LogP contribution in [0.4, 0.5) is 0 Å². The Hall–Kier alpha value is -3.03. The van der Waals surface area contributed by atoms with Gasteiger partial charge in [-0.1, -0.05) is 137 Å². The number of carbonyl (C=O) groups is 1. The van der Waals surface area contributed by atoms with Crippen molar-refractivity contribution < 1.29 is 24.5 Å². The lowest BCUT2D eigenvalue weighted by atomic mass is 9.84. The van der Waals surface area contributed by atoms with E-state index in [4.69, 9.17) is 4.43 Å².